The maximum atomic E-state index is 12.2. The topological polar surface area (TPSA) is 116 Å². The van der Waals surface area contributed by atoms with Gasteiger partial charge >= 0.3 is 0 Å². The number of amides is 1. The van der Waals surface area contributed by atoms with Crippen LogP contribution in [0, 0.1) is 15.3 Å². The van der Waals surface area contributed by atoms with E-state index in [1.807, 2.05) is 6.92 Å². The lowest BCUT2D eigenvalue weighted by Gasteiger charge is -2.33. The molecular formula is C25H53N3O5. The van der Waals surface area contributed by atoms with Crippen molar-refractivity contribution in [2.45, 2.75) is 142 Å². The molecule has 198 valence electrons. The fraction of sp³-hybridized carbons (Fsp3) is 0.960. The molecule has 0 saturated carbocycles. The van der Waals surface area contributed by atoms with E-state index in [4.69, 9.17) is 15.3 Å². The number of carbonyl (C=O) groups is 1. The number of hydroxylamine groups is 3. The minimum absolute atomic E-state index is 0.00925. The lowest BCUT2D eigenvalue weighted by Crippen LogP contribution is -2.55. The van der Waals surface area contributed by atoms with E-state index in [9.17, 15) is 10.0 Å². The van der Waals surface area contributed by atoms with Crippen LogP contribution in [0.15, 0.2) is 0 Å². The SMILES string of the molecule is CCCCCCCCCCCCCCCCCC(=O)NC(CC)C(C)[N+](C)(C)O.O=[N+]([O-])[O-]. The third-order valence-corrected chi connectivity index (χ3v) is 6.37. The van der Waals surface area contributed by atoms with Crippen molar-refractivity contribution in [3.8, 4) is 0 Å². The second kappa shape index (κ2) is 22.4. The predicted octanol–water partition coefficient (Wildman–Crippen LogP) is 6.76. The molecule has 8 nitrogen and oxygen atoms in total. The molecule has 0 spiro atoms. The van der Waals surface area contributed by atoms with Crippen LogP contribution >= 0.6 is 0 Å². The first-order valence-electron chi connectivity index (χ1n) is 13.2. The van der Waals surface area contributed by atoms with E-state index in [0.29, 0.717) is 6.42 Å². The van der Waals surface area contributed by atoms with E-state index in [1.165, 1.54) is 83.5 Å². The summed E-state index contributed by atoms with van der Waals surface area (Å²) in [5.74, 6) is 0.131. The number of hydrogen-bond donors (Lipinski definition) is 2. The third-order valence-electron chi connectivity index (χ3n) is 6.37. The summed E-state index contributed by atoms with van der Waals surface area (Å²) in [5, 5.41) is 28.0. The molecule has 8 heteroatoms. The summed E-state index contributed by atoms with van der Waals surface area (Å²) < 4.78 is -0.113. The molecule has 0 aliphatic heterocycles. The fourth-order valence-corrected chi connectivity index (χ4v) is 3.94. The Morgan fingerprint density at radius 3 is 1.45 bits per heavy atom. The largest absolute Gasteiger partial charge is 0.356 e. The van der Waals surface area contributed by atoms with E-state index < -0.39 is 5.09 Å². The van der Waals surface area contributed by atoms with Gasteiger partial charge in [-0.1, -0.05) is 104 Å². The van der Waals surface area contributed by atoms with Gasteiger partial charge in [-0.05, 0) is 19.8 Å². The monoisotopic (exact) mass is 475 g/mol. The van der Waals surface area contributed by atoms with Gasteiger partial charge in [0.2, 0.25) is 5.91 Å². The van der Waals surface area contributed by atoms with E-state index in [2.05, 4.69) is 19.2 Å². The van der Waals surface area contributed by atoms with Gasteiger partial charge in [0.05, 0.1) is 25.2 Å². The van der Waals surface area contributed by atoms with Crippen LogP contribution < -0.4 is 5.32 Å². The molecule has 0 radical (unpaired) electrons. The van der Waals surface area contributed by atoms with Gasteiger partial charge in [-0.15, -0.1) is 0 Å². The van der Waals surface area contributed by atoms with Crippen LogP contribution in [0.25, 0.3) is 0 Å². The van der Waals surface area contributed by atoms with Crippen molar-refractivity contribution in [2.75, 3.05) is 14.1 Å². The van der Waals surface area contributed by atoms with Crippen LogP contribution in [0.4, 0.5) is 0 Å². The molecule has 0 aliphatic rings. The summed E-state index contributed by atoms with van der Waals surface area (Å²) in [6, 6.07) is 0.0175. The summed E-state index contributed by atoms with van der Waals surface area (Å²) >= 11 is 0. The van der Waals surface area contributed by atoms with E-state index in [0.717, 1.165) is 19.3 Å². The molecule has 2 atom stereocenters. The van der Waals surface area contributed by atoms with Crippen LogP contribution in [0.3, 0.4) is 0 Å². The molecule has 2 N–H and O–H groups in total. The molecule has 0 heterocycles. The molecule has 33 heavy (non-hydrogen) atoms. The summed E-state index contributed by atoms with van der Waals surface area (Å²) in [4.78, 5) is 20.4. The standard InChI is InChI=1S/C25H52N2O2.NO3/c1-6-8-9-10-11-12-13-14-15-16-17-18-19-20-21-22-25(28)26-24(7-2)23(3)27(4,5)29;2-1(3)4/h23-24,29H,6-22H2,1-5H3;/q;-1/p+1. The highest BCUT2D eigenvalue weighted by molar-refractivity contribution is 5.76. The van der Waals surface area contributed by atoms with Crippen molar-refractivity contribution in [1.82, 2.24) is 5.32 Å². The molecule has 1 amide bonds. The minimum atomic E-state index is -1.75. The minimum Gasteiger partial charge on any atom is -0.356 e. The molecule has 0 aromatic carbocycles. The third kappa shape index (κ3) is 25.1. The van der Waals surface area contributed by atoms with Gasteiger partial charge in [-0.3, -0.25) is 4.79 Å². The second-order valence-corrected chi connectivity index (χ2v) is 9.73. The normalized spacial score (nSPS) is 13.0. The van der Waals surface area contributed by atoms with Crippen molar-refractivity contribution < 1.29 is 19.7 Å². The highest BCUT2D eigenvalue weighted by Gasteiger charge is 2.30. The van der Waals surface area contributed by atoms with Gasteiger partial charge in [0, 0.05) is 6.42 Å². The Morgan fingerprint density at radius 1 is 0.818 bits per heavy atom. The Bertz CT molecular complexity index is 465. The lowest BCUT2D eigenvalue weighted by molar-refractivity contribution is -1.09. The Kier molecular flexibility index (Phi) is 22.9. The average Bonchev–Trinajstić information content (AvgIpc) is 2.73. The highest BCUT2D eigenvalue weighted by Crippen LogP contribution is 2.14. The summed E-state index contributed by atoms with van der Waals surface area (Å²) in [6.45, 7) is 6.33. The first-order chi connectivity index (χ1) is 15.6. The first-order valence-corrected chi connectivity index (χ1v) is 13.2. The van der Waals surface area contributed by atoms with Gasteiger partial charge in [0.25, 0.3) is 0 Å². The number of carbonyl (C=O) groups excluding carboxylic acids is 1. The van der Waals surface area contributed by atoms with E-state index >= 15 is 0 Å². The molecule has 0 rings (SSSR count). The van der Waals surface area contributed by atoms with E-state index in [-0.39, 0.29) is 22.6 Å². The Labute approximate surface area is 202 Å². The molecule has 0 saturated heterocycles. The van der Waals surface area contributed by atoms with Crippen LogP contribution in [0.2, 0.25) is 0 Å². The van der Waals surface area contributed by atoms with Gasteiger partial charge in [-0.25, -0.2) is 5.21 Å². The summed E-state index contributed by atoms with van der Waals surface area (Å²) in [7, 11) is 3.52. The number of likely N-dealkylation sites (N-methyl/N-ethyl adjacent to an activating group) is 1. The molecule has 0 fully saturated rings. The Balaban J connectivity index is 0. The van der Waals surface area contributed by atoms with Gasteiger partial charge < -0.3 is 20.6 Å². The van der Waals surface area contributed by atoms with Crippen molar-refractivity contribution in [2.24, 2.45) is 0 Å². The first kappa shape index (κ1) is 33.8. The van der Waals surface area contributed by atoms with Crippen molar-refractivity contribution in [3.05, 3.63) is 15.3 Å². The average molecular weight is 476 g/mol. The zero-order valence-corrected chi connectivity index (χ0v) is 22.2. The van der Waals surface area contributed by atoms with Gasteiger partial charge in [0.15, 0.2) is 0 Å². The highest BCUT2D eigenvalue weighted by atomic mass is 16.9. The fourth-order valence-electron chi connectivity index (χ4n) is 3.94. The molecule has 0 aromatic rings. The van der Waals surface area contributed by atoms with Gasteiger partial charge in [-0.2, -0.15) is 4.65 Å². The quantitative estimate of drug-likeness (QED) is 0.0873. The molecule has 0 aliphatic carbocycles. The Hall–Kier alpha value is -1.41. The maximum Gasteiger partial charge on any atom is 0.220 e. The Morgan fingerprint density at radius 2 is 1.15 bits per heavy atom. The molecular weight excluding hydrogens is 422 g/mol. The number of rotatable bonds is 20. The maximum absolute atomic E-state index is 12.2. The van der Waals surface area contributed by atoms with Crippen LogP contribution in [0.1, 0.15) is 130 Å². The summed E-state index contributed by atoms with van der Waals surface area (Å²) in [6.07, 6.45) is 21.6. The van der Waals surface area contributed by atoms with Crippen molar-refractivity contribution >= 4 is 5.91 Å². The molecule has 2 unspecified atom stereocenters. The van der Waals surface area contributed by atoms with Crippen molar-refractivity contribution in [1.29, 1.82) is 0 Å². The number of nitrogens with one attached hydrogen (secondary N) is 1. The number of hydrogen-bond acceptors (Lipinski definition) is 5. The molecule has 0 bridgehead atoms. The molecule has 0 aromatic heterocycles. The zero-order valence-electron chi connectivity index (χ0n) is 22.2. The zero-order chi connectivity index (χ0) is 25.5. The van der Waals surface area contributed by atoms with Crippen molar-refractivity contribution in [3.63, 3.8) is 0 Å². The summed E-state index contributed by atoms with van der Waals surface area (Å²) in [5.41, 5.74) is 0. The van der Waals surface area contributed by atoms with Crippen LogP contribution in [-0.2, 0) is 4.79 Å². The predicted molar refractivity (Wildman–Crippen MR) is 135 cm³/mol. The number of nitrogens with zero attached hydrogens (tertiary/aromatic N) is 2. The number of unbranched alkanes of at least 4 members (excludes halogenated alkanes) is 14. The van der Waals surface area contributed by atoms with Crippen LogP contribution in [0.5, 0.6) is 0 Å². The second-order valence-electron chi connectivity index (χ2n) is 9.73. The van der Waals surface area contributed by atoms with Gasteiger partial charge in [0.1, 0.15) is 6.04 Å². The van der Waals surface area contributed by atoms with E-state index in [1.54, 1.807) is 14.1 Å². The lowest BCUT2D eigenvalue weighted by atomic mass is 10.0. The van der Waals surface area contributed by atoms with Crippen LogP contribution in [-0.4, -0.2) is 47.0 Å². The number of quaternary nitrogens is 1. The smallest absolute Gasteiger partial charge is 0.220 e.